The zero-order valence-electron chi connectivity index (χ0n) is 12.7. The highest BCUT2D eigenvalue weighted by molar-refractivity contribution is 5.73. The van der Waals surface area contributed by atoms with E-state index in [0.29, 0.717) is 13.1 Å². The van der Waals surface area contributed by atoms with Crippen LogP contribution in [-0.2, 0) is 11.2 Å². The molecule has 122 valence electrons. The number of carbonyl (C=O) groups excluding carboxylic acids is 1. The summed E-state index contributed by atoms with van der Waals surface area (Å²) in [5, 5.41) is 32.5. The van der Waals surface area contributed by atoms with Gasteiger partial charge in [0.05, 0.1) is 24.8 Å². The molecule has 0 spiro atoms. The maximum Gasteiger partial charge on any atom is 0.217 e. The number of likely N-dealkylation sites (tertiary alicyclic amines) is 1. The van der Waals surface area contributed by atoms with Gasteiger partial charge in [-0.25, -0.2) is 0 Å². The van der Waals surface area contributed by atoms with Crippen LogP contribution in [0.1, 0.15) is 12.5 Å². The molecule has 0 bridgehead atoms. The number of amides is 1. The topological polar surface area (TPSA) is 93.0 Å². The lowest BCUT2D eigenvalue weighted by atomic mass is 9.92. The van der Waals surface area contributed by atoms with Crippen molar-refractivity contribution in [2.45, 2.75) is 37.6 Å². The molecule has 4 N–H and O–H groups in total. The van der Waals surface area contributed by atoms with Crippen LogP contribution in [0.5, 0.6) is 0 Å². The minimum absolute atomic E-state index is 0.236. The van der Waals surface area contributed by atoms with Crippen LogP contribution in [0.3, 0.4) is 0 Å². The summed E-state index contributed by atoms with van der Waals surface area (Å²) in [6, 6.07) is 8.87. The summed E-state index contributed by atoms with van der Waals surface area (Å²) in [5.74, 6) is -0.248. The predicted octanol–water partition coefficient (Wildman–Crippen LogP) is -0.868. The summed E-state index contributed by atoms with van der Waals surface area (Å²) in [5.41, 5.74) is 1.16. The van der Waals surface area contributed by atoms with E-state index in [-0.39, 0.29) is 12.5 Å². The lowest BCUT2D eigenvalue weighted by Crippen LogP contribution is -2.66. The minimum Gasteiger partial charge on any atom is -0.395 e. The first-order valence-electron chi connectivity index (χ1n) is 7.55. The van der Waals surface area contributed by atoms with Crippen LogP contribution in [0, 0.1) is 0 Å². The first-order chi connectivity index (χ1) is 10.5. The van der Waals surface area contributed by atoms with Gasteiger partial charge in [0.1, 0.15) is 6.10 Å². The highest BCUT2D eigenvalue weighted by Gasteiger charge is 2.41. The third kappa shape index (κ3) is 4.04. The Morgan fingerprint density at radius 3 is 2.55 bits per heavy atom. The van der Waals surface area contributed by atoms with E-state index in [1.165, 1.54) is 6.92 Å². The number of nitrogens with one attached hydrogen (secondary N) is 1. The van der Waals surface area contributed by atoms with Crippen molar-refractivity contribution in [2.24, 2.45) is 0 Å². The molecule has 1 aromatic carbocycles. The van der Waals surface area contributed by atoms with E-state index in [1.54, 1.807) is 0 Å². The molecule has 1 aliphatic heterocycles. The Balaban J connectivity index is 2.04. The van der Waals surface area contributed by atoms with Crippen molar-refractivity contribution in [1.29, 1.82) is 0 Å². The van der Waals surface area contributed by atoms with E-state index < -0.39 is 24.3 Å². The van der Waals surface area contributed by atoms with Crippen LogP contribution in [-0.4, -0.2) is 70.1 Å². The maximum atomic E-state index is 11.2. The van der Waals surface area contributed by atoms with Gasteiger partial charge in [-0.15, -0.1) is 0 Å². The Morgan fingerprint density at radius 1 is 1.27 bits per heavy atom. The van der Waals surface area contributed by atoms with Crippen molar-refractivity contribution in [3.05, 3.63) is 35.9 Å². The summed E-state index contributed by atoms with van der Waals surface area (Å²) in [4.78, 5) is 13.2. The quantitative estimate of drug-likeness (QED) is 0.568. The SMILES string of the molecule is CC(=O)N[C@@H]1CN(CCc2ccccc2)[C@H](CO)[C@@H](O)[C@@H]1O. The molecule has 1 aliphatic rings. The van der Waals surface area contributed by atoms with Crippen molar-refractivity contribution in [3.8, 4) is 0 Å². The molecule has 22 heavy (non-hydrogen) atoms. The van der Waals surface area contributed by atoms with E-state index in [4.69, 9.17) is 0 Å². The molecule has 4 atom stereocenters. The molecule has 0 aliphatic carbocycles. The number of nitrogens with zero attached hydrogens (tertiary/aromatic N) is 1. The van der Waals surface area contributed by atoms with Crippen LogP contribution in [0.4, 0.5) is 0 Å². The van der Waals surface area contributed by atoms with Gasteiger partial charge in [-0.05, 0) is 12.0 Å². The molecule has 0 aromatic heterocycles. The van der Waals surface area contributed by atoms with Crippen molar-refractivity contribution in [2.75, 3.05) is 19.7 Å². The molecule has 1 saturated heterocycles. The fourth-order valence-electron chi connectivity index (χ4n) is 2.97. The van der Waals surface area contributed by atoms with Crippen LogP contribution in [0.25, 0.3) is 0 Å². The van der Waals surface area contributed by atoms with Crippen molar-refractivity contribution in [3.63, 3.8) is 0 Å². The van der Waals surface area contributed by atoms with Crippen LogP contribution >= 0.6 is 0 Å². The minimum atomic E-state index is -1.09. The van der Waals surface area contributed by atoms with Gasteiger partial charge < -0.3 is 20.6 Å². The summed E-state index contributed by atoms with van der Waals surface area (Å²) in [6.45, 7) is 2.18. The molecular weight excluding hydrogens is 284 g/mol. The number of hydrogen-bond acceptors (Lipinski definition) is 5. The Labute approximate surface area is 130 Å². The molecule has 1 aromatic rings. The van der Waals surface area contributed by atoms with Crippen molar-refractivity contribution < 1.29 is 20.1 Å². The third-order valence-electron chi connectivity index (χ3n) is 4.16. The molecule has 1 amide bonds. The molecule has 0 radical (unpaired) electrons. The molecule has 1 fully saturated rings. The van der Waals surface area contributed by atoms with Gasteiger partial charge in [0, 0.05) is 20.0 Å². The summed E-state index contributed by atoms with van der Waals surface area (Å²) in [7, 11) is 0. The second-order valence-corrected chi connectivity index (χ2v) is 5.77. The second kappa shape index (κ2) is 7.69. The van der Waals surface area contributed by atoms with Crippen LogP contribution < -0.4 is 5.32 Å². The fraction of sp³-hybridized carbons (Fsp3) is 0.562. The third-order valence-corrected chi connectivity index (χ3v) is 4.16. The molecular formula is C16H24N2O4. The zero-order valence-corrected chi connectivity index (χ0v) is 12.7. The lowest BCUT2D eigenvalue weighted by Gasteiger charge is -2.45. The molecule has 0 unspecified atom stereocenters. The number of aliphatic hydroxyl groups excluding tert-OH is 3. The van der Waals surface area contributed by atoms with Gasteiger partial charge in [-0.2, -0.15) is 0 Å². The number of rotatable bonds is 5. The Hall–Kier alpha value is -1.47. The molecule has 2 rings (SSSR count). The molecule has 6 heteroatoms. The van der Waals surface area contributed by atoms with E-state index in [2.05, 4.69) is 5.32 Å². The molecule has 0 saturated carbocycles. The van der Waals surface area contributed by atoms with Gasteiger partial charge in [0.25, 0.3) is 0 Å². The van der Waals surface area contributed by atoms with Crippen molar-refractivity contribution >= 4 is 5.91 Å². The highest BCUT2D eigenvalue weighted by Crippen LogP contribution is 2.19. The largest absolute Gasteiger partial charge is 0.395 e. The monoisotopic (exact) mass is 308 g/mol. The second-order valence-electron chi connectivity index (χ2n) is 5.77. The average molecular weight is 308 g/mol. The number of benzene rings is 1. The van der Waals surface area contributed by atoms with E-state index >= 15 is 0 Å². The Kier molecular flexibility index (Phi) is 5.90. The van der Waals surface area contributed by atoms with E-state index in [1.807, 2.05) is 35.2 Å². The molecule has 1 heterocycles. The van der Waals surface area contributed by atoms with Crippen LogP contribution in [0.15, 0.2) is 30.3 Å². The first kappa shape index (κ1) is 16.9. The number of piperidine rings is 1. The highest BCUT2D eigenvalue weighted by atomic mass is 16.3. The summed E-state index contributed by atoms with van der Waals surface area (Å²) < 4.78 is 0. The number of carbonyl (C=O) groups is 1. The molecule has 6 nitrogen and oxygen atoms in total. The average Bonchev–Trinajstić information content (AvgIpc) is 2.51. The van der Waals surface area contributed by atoms with E-state index in [0.717, 1.165) is 12.0 Å². The standard InChI is InChI=1S/C16H24N2O4/c1-11(20)17-13-9-18(14(10-19)16(22)15(13)21)8-7-12-5-3-2-4-6-12/h2-6,13-16,19,21-22H,7-10H2,1H3,(H,17,20)/t13-,14-,15-,16-/m1/s1. The fourth-order valence-corrected chi connectivity index (χ4v) is 2.97. The number of hydrogen-bond donors (Lipinski definition) is 4. The van der Waals surface area contributed by atoms with Gasteiger partial charge in [0.2, 0.25) is 5.91 Å². The maximum absolute atomic E-state index is 11.2. The summed E-state index contributed by atoms with van der Waals surface area (Å²) in [6.07, 6.45) is -1.40. The predicted molar refractivity (Wildman–Crippen MR) is 82.2 cm³/mol. The Bertz CT molecular complexity index is 482. The van der Waals surface area contributed by atoms with Gasteiger partial charge in [-0.3, -0.25) is 9.69 Å². The smallest absolute Gasteiger partial charge is 0.217 e. The van der Waals surface area contributed by atoms with Crippen molar-refractivity contribution in [1.82, 2.24) is 10.2 Å². The first-order valence-corrected chi connectivity index (χ1v) is 7.55. The van der Waals surface area contributed by atoms with Crippen LogP contribution in [0.2, 0.25) is 0 Å². The Morgan fingerprint density at radius 2 is 1.95 bits per heavy atom. The van der Waals surface area contributed by atoms with E-state index in [9.17, 15) is 20.1 Å². The van der Waals surface area contributed by atoms with Gasteiger partial charge >= 0.3 is 0 Å². The number of aliphatic hydroxyl groups is 3. The normalized spacial score (nSPS) is 29.3. The van der Waals surface area contributed by atoms with Gasteiger partial charge in [0.15, 0.2) is 0 Å². The lowest BCUT2D eigenvalue weighted by molar-refractivity contribution is -0.128. The summed E-state index contributed by atoms with van der Waals surface area (Å²) >= 11 is 0. The zero-order chi connectivity index (χ0) is 16.1. The van der Waals surface area contributed by atoms with Gasteiger partial charge in [-0.1, -0.05) is 30.3 Å².